The lowest BCUT2D eigenvalue weighted by Gasteiger charge is -1.76. The molecule has 58 valence electrons. The first kappa shape index (κ1) is 6.48. The molecule has 0 aliphatic carbocycles. The van der Waals surface area contributed by atoms with Crippen LogP contribution < -0.4 is 5.56 Å². The van der Waals surface area contributed by atoms with Crippen molar-refractivity contribution < 1.29 is 0 Å². The Morgan fingerprint density at radius 2 is 2.42 bits per heavy atom. The predicted molar refractivity (Wildman–Crippen MR) is 39.3 cm³/mol. The molecule has 2 aromatic heterocycles. The molecule has 0 atom stereocenters. The molecule has 0 aromatic carbocycles. The third-order valence-electron chi connectivity index (χ3n) is 1.38. The SMILES string of the molecule is N#[N+]c1nc2nc[nH]c(=O)c2[nH]1. The molecular formula is C5H3N6O+. The highest BCUT2D eigenvalue weighted by molar-refractivity contribution is 5.71. The van der Waals surface area contributed by atoms with Crippen molar-refractivity contribution in [2.24, 2.45) is 0 Å². The van der Waals surface area contributed by atoms with Crippen molar-refractivity contribution in [2.75, 3.05) is 0 Å². The Balaban J connectivity index is 2.95. The van der Waals surface area contributed by atoms with Gasteiger partial charge in [0, 0.05) is 0 Å². The first-order valence-corrected chi connectivity index (χ1v) is 3.10. The van der Waals surface area contributed by atoms with Gasteiger partial charge in [0.15, 0.2) is 0 Å². The van der Waals surface area contributed by atoms with E-state index < -0.39 is 0 Å². The maximum Gasteiger partial charge on any atom is 0.528 e. The molecule has 2 N–H and O–H groups in total. The van der Waals surface area contributed by atoms with Gasteiger partial charge in [-0.2, -0.15) is 0 Å². The number of nitrogens with one attached hydrogen (secondary N) is 2. The highest BCUT2D eigenvalue weighted by Gasteiger charge is 2.15. The van der Waals surface area contributed by atoms with Crippen molar-refractivity contribution in [1.82, 2.24) is 19.9 Å². The van der Waals surface area contributed by atoms with E-state index in [4.69, 9.17) is 5.39 Å². The lowest BCUT2D eigenvalue weighted by atomic mass is 10.6. The molecule has 7 heteroatoms. The number of imidazole rings is 1. The number of aromatic amines is 2. The fourth-order valence-electron chi connectivity index (χ4n) is 0.875. The predicted octanol–water partition coefficient (Wildman–Crippen LogP) is 0.131. The highest BCUT2D eigenvalue weighted by atomic mass is 16.1. The number of rotatable bonds is 0. The Bertz CT molecular complexity index is 516. The summed E-state index contributed by atoms with van der Waals surface area (Å²) in [7, 11) is 0. The molecule has 0 aliphatic heterocycles. The molecule has 2 rings (SSSR count). The molecule has 0 unspecified atom stereocenters. The summed E-state index contributed by atoms with van der Waals surface area (Å²) >= 11 is 0. The third kappa shape index (κ3) is 0.751. The van der Waals surface area contributed by atoms with Crippen molar-refractivity contribution >= 4 is 17.1 Å². The molecule has 0 fully saturated rings. The zero-order valence-corrected chi connectivity index (χ0v) is 5.77. The molecule has 2 heterocycles. The Morgan fingerprint density at radius 3 is 3.08 bits per heavy atom. The maximum atomic E-state index is 11.0. The van der Waals surface area contributed by atoms with E-state index in [0.717, 1.165) is 0 Å². The van der Waals surface area contributed by atoms with Gasteiger partial charge in [0.1, 0.15) is 0 Å². The summed E-state index contributed by atoms with van der Waals surface area (Å²) in [6.45, 7) is 0. The largest absolute Gasteiger partial charge is 0.528 e. The van der Waals surface area contributed by atoms with Crippen LogP contribution in [-0.2, 0) is 0 Å². The number of nitrogens with zero attached hydrogens (tertiary/aromatic N) is 4. The van der Waals surface area contributed by atoms with Crippen LogP contribution in [0.1, 0.15) is 0 Å². The van der Waals surface area contributed by atoms with Gasteiger partial charge in [-0.05, 0) is 9.96 Å². The second-order valence-corrected chi connectivity index (χ2v) is 2.09. The van der Waals surface area contributed by atoms with E-state index >= 15 is 0 Å². The van der Waals surface area contributed by atoms with Crippen LogP contribution in [-0.4, -0.2) is 19.9 Å². The number of diazo groups is 1. The van der Waals surface area contributed by atoms with Gasteiger partial charge in [-0.25, -0.2) is 9.97 Å². The summed E-state index contributed by atoms with van der Waals surface area (Å²) in [5.74, 6) is -0.0331. The van der Waals surface area contributed by atoms with E-state index in [0.29, 0.717) is 0 Å². The van der Waals surface area contributed by atoms with Crippen LogP contribution in [0.4, 0.5) is 5.95 Å². The lowest BCUT2D eigenvalue weighted by Crippen LogP contribution is -2.05. The topological polar surface area (TPSA) is 103 Å². The summed E-state index contributed by atoms with van der Waals surface area (Å²) in [6, 6.07) is 0. The molecule has 0 aliphatic rings. The minimum Gasteiger partial charge on any atom is -0.310 e. The van der Waals surface area contributed by atoms with Gasteiger partial charge in [0.05, 0.1) is 11.7 Å². The smallest absolute Gasteiger partial charge is 0.310 e. The summed E-state index contributed by atoms with van der Waals surface area (Å²) in [5.41, 5.74) is 0.0826. The minimum atomic E-state index is -0.345. The monoisotopic (exact) mass is 163 g/mol. The molecule has 0 radical (unpaired) electrons. The fourth-order valence-corrected chi connectivity index (χ4v) is 0.875. The highest BCUT2D eigenvalue weighted by Crippen LogP contribution is 2.08. The molecule has 0 amide bonds. The normalized spacial score (nSPS) is 9.92. The van der Waals surface area contributed by atoms with Crippen LogP contribution in [0.15, 0.2) is 11.1 Å². The summed E-state index contributed by atoms with van der Waals surface area (Å²) in [5, 5.41) is 8.32. The standard InChI is InChI=1S/C5H2N6O/c6-11-5-9-2-3(10-5)7-1-8-4(2)12/h1,6H/p+1. The van der Waals surface area contributed by atoms with Crippen molar-refractivity contribution in [1.29, 1.82) is 5.39 Å². The molecule has 0 bridgehead atoms. The zero-order chi connectivity index (χ0) is 8.55. The van der Waals surface area contributed by atoms with Crippen LogP contribution in [0.5, 0.6) is 0 Å². The van der Waals surface area contributed by atoms with Crippen LogP contribution in [0, 0.1) is 5.39 Å². The second kappa shape index (κ2) is 2.13. The number of hydrogen-bond donors (Lipinski definition) is 2. The van der Waals surface area contributed by atoms with Gasteiger partial charge in [0.2, 0.25) is 5.52 Å². The van der Waals surface area contributed by atoms with Gasteiger partial charge < -0.3 is 4.98 Å². The van der Waals surface area contributed by atoms with E-state index in [1.165, 1.54) is 6.33 Å². The van der Waals surface area contributed by atoms with E-state index in [1.54, 1.807) is 0 Å². The van der Waals surface area contributed by atoms with Gasteiger partial charge in [-0.15, -0.1) is 0 Å². The first-order valence-electron chi connectivity index (χ1n) is 3.10. The Kier molecular flexibility index (Phi) is 1.15. The first-order chi connectivity index (χ1) is 5.81. The number of hydrogen-bond acceptors (Lipinski definition) is 4. The Labute approximate surface area is 65.1 Å². The van der Waals surface area contributed by atoms with Crippen LogP contribution in [0.2, 0.25) is 0 Å². The van der Waals surface area contributed by atoms with Crippen molar-refractivity contribution in [3.05, 3.63) is 21.7 Å². The molecule has 0 saturated carbocycles. The maximum absolute atomic E-state index is 11.0. The molecule has 2 aromatic rings. The van der Waals surface area contributed by atoms with E-state index in [1.807, 2.05) is 0 Å². The van der Waals surface area contributed by atoms with Crippen LogP contribution in [0.25, 0.3) is 16.1 Å². The van der Waals surface area contributed by atoms with E-state index in [-0.39, 0.29) is 22.7 Å². The average Bonchev–Trinajstić information content (AvgIpc) is 2.49. The van der Waals surface area contributed by atoms with Crippen molar-refractivity contribution in [3.8, 4) is 0 Å². The number of fused-ring (bicyclic) bond motifs is 1. The lowest BCUT2D eigenvalue weighted by molar-refractivity contribution is 1.15. The van der Waals surface area contributed by atoms with Gasteiger partial charge in [-0.1, -0.05) is 0 Å². The number of aromatic nitrogens is 4. The van der Waals surface area contributed by atoms with Gasteiger partial charge in [-0.3, -0.25) is 4.79 Å². The molecule has 7 nitrogen and oxygen atoms in total. The van der Waals surface area contributed by atoms with E-state index in [2.05, 4.69) is 24.9 Å². The van der Waals surface area contributed by atoms with Gasteiger partial charge >= 0.3 is 5.95 Å². The Hall–Kier alpha value is -2.23. The second-order valence-electron chi connectivity index (χ2n) is 2.09. The van der Waals surface area contributed by atoms with E-state index in [9.17, 15) is 4.79 Å². The summed E-state index contributed by atoms with van der Waals surface area (Å²) < 4.78 is 0. The average molecular weight is 163 g/mol. The Morgan fingerprint density at radius 1 is 1.58 bits per heavy atom. The van der Waals surface area contributed by atoms with Crippen LogP contribution >= 0.6 is 0 Å². The third-order valence-corrected chi connectivity index (χ3v) is 1.38. The summed E-state index contributed by atoms with van der Waals surface area (Å²) in [6.07, 6.45) is 1.23. The van der Waals surface area contributed by atoms with Crippen LogP contribution in [0.3, 0.4) is 0 Å². The number of H-pyrrole nitrogens is 2. The summed E-state index contributed by atoms with van der Waals surface area (Å²) in [4.78, 5) is 26.1. The zero-order valence-electron chi connectivity index (χ0n) is 5.77. The van der Waals surface area contributed by atoms with Crippen molar-refractivity contribution in [3.63, 3.8) is 0 Å². The molecule has 12 heavy (non-hydrogen) atoms. The quantitative estimate of drug-likeness (QED) is 0.538. The fraction of sp³-hybridized carbons (Fsp3) is 0. The van der Waals surface area contributed by atoms with Crippen molar-refractivity contribution in [2.45, 2.75) is 0 Å². The molecule has 0 saturated heterocycles. The van der Waals surface area contributed by atoms with Gasteiger partial charge in [0.25, 0.3) is 11.2 Å². The molecular weight excluding hydrogens is 160 g/mol. The molecule has 0 spiro atoms. The minimum absolute atomic E-state index is 0.0331.